The van der Waals surface area contributed by atoms with E-state index in [9.17, 15) is 0 Å². The monoisotopic (exact) mass is 503 g/mol. The Morgan fingerprint density at radius 2 is 0.842 bits per heavy atom. The van der Waals surface area contributed by atoms with E-state index in [2.05, 4.69) is 153 Å². The first-order chi connectivity index (χ1) is 17.5. The highest BCUT2D eigenvalue weighted by atomic mass is 15.0. The summed E-state index contributed by atoms with van der Waals surface area (Å²) in [5, 5.41) is 0. The molecule has 0 spiro atoms. The zero-order valence-electron chi connectivity index (χ0n) is 25.2. The highest BCUT2D eigenvalue weighted by molar-refractivity contribution is 5.48. The molecule has 0 saturated heterocycles. The van der Waals surface area contributed by atoms with Gasteiger partial charge in [0, 0.05) is 17.4 Å². The lowest BCUT2D eigenvalue weighted by Crippen LogP contribution is -2.25. The minimum Gasteiger partial charge on any atom is -0.305 e. The highest BCUT2D eigenvalue weighted by Crippen LogP contribution is 2.39. The molecule has 1 nitrogen and oxygen atoms in total. The van der Waals surface area contributed by atoms with Gasteiger partial charge in [-0.05, 0) is 80.7 Å². The van der Waals surface area contributed by atoms with Crippen molar-refractivity contribution in [1.29, 1.82) is 0 Å². The highest BCUT2D eigenvalue weighted by Gasteiger charge is 2.30. The third kappa shape index (κ3) is 5.90. The van der Waals surface area contributed by atoms with Gasteiger partial charge in [0.2, 0.25) is 0 Å². The SMILES string of the molecule is C#CC(C)(C)c1ccc(C(C)(C)c2cc(CN(C)C)cc(C(C)(C)c3ccc(C(C)(C)C#C)cc3)c2)cc1. The Kier molecular flexibility index (Phi) is 8.08. The van der Waals surface area contributed by atoms with Crippen LogP contribution in [-0.4, -0.2) is 19.0 Å². The van der Waals surface area contributed by atoms with Crippen molar-refractivity contribution in [3.05, 3.63) is 106 Å². The van der Waals surface area contributed by atoms with Crippen LogP contribution < -0.4 is 0 Å². The van der Waals surface area contributed by atoms with E-state index in [0.29, 0.717) is 0 Å². The summed E-state index contributed by atoms with van der Waals surface area (Å²) >= 11 is 0. The predicted octanol–water partition coefficient (Wildman–Crippen LogP) is 8.22. The first-order valence-electron chi connectivity index (χ1n) is 13.5. The summed E-state index contributed by atoms with van der Waals surface area (Å²) in [5.74, 6) is 5.83. The van der Waals surface area contributed by atoms with Crippen molar-refractivity contribution in [3.8, 4) is 24.7 Å². The summed E-state index contributed by atoms with van der Waals surface area (Å²) in [6.45, 7) is 18.5. The Hall–Kier alpha value is -3.26. The van der Waals surface area contributed by atoms with Crippen molar-refractivity contribution in [3.63, 3.8) is 0 Å². The van der Waals surface area contributed by atoms with E-state index in [0.717, 1.165) is 6.54 Å². The molecule has 3 aromatic carbocycles. The van der Waals surface area contributed by atoms with E-state index >= 15 is 0 Å². The van der Waals surface area contributed by atoms with Crippen molar-refractivity contribution < 1.29 is 0 Å². The van der Waals surface area contributed by atoms with Crippen LogP contribution in [0.2, 0.25) is 0 Å². The lowest BCUT2D eigenvalue weighted by atomic mass is 9.72. The van der Waals surface area contributed by atoms with E-state index in [4.69, 9.17) is 12.8 Å². The van der Waals surface area contributed by atoms with Gasteiger partial charge in [0.15, 0.2) is 0 Å². The molecule has 0 aliphatic heterocycles. The second-order valence-corrected chi connectivity index (χ2v) is 13.1. The van der Waals surface area contributed by atoms with Gasteiger partial charge in [0.1, 0.15) is 0 Å². The van der Waals surface area contributed by atoms with Gasteiger partial charge in [0.25, 0.3) is 0 Å². The van der Waals surface area contributed by atoms with Gasteiger partial charge < -0.3 is 4.90 Å². The van der Waals surface area contributed by atoms with Gasteiger partial charge in [0.05, 0.1) is 10.8 Å². The third-order valence-corrected chi connectivity index (χ3v) is 8.31. The van der Waals surface area contributed by atoms with Crippen molar-refractivity contribution in [2.75, 3.05) is 14.1 Å². The molecule has 0 radical (unpaired) electrons. The van der Waals surface area contributed by atoms with Crippen molar-refractivity contribution >= 4 is 0 Å². The minimum absolute atomic E-state index is 0.174. The molecule has 0 aliphatic carbocycles. The molecule has 0 atom stereocenters. The van der Waals surface area contributed by atoms with E-state index in [1.807, 2.05) is 0 Å². The van der Waals surface area contributed by atoms with Crippen LogP contribution in [0.1, 0.15) is 94.3 Å². The Morgan fingerprint density at radius 1 is 0.526 bits per heavy atom. The summed E-state index contributed by atoms with van der Waals surface area (Å²) in [6, 6.07) is 24.8. The molecule has 198 valence electrons. The minimum atomic E-state index is -0.281. The second kappa shape index (κ2) is 10.5. The molecular formula is C37H45N. The third-order valence-electron chi connectivity index (χ3n) is 8.31. The fourth-order valence-electron chi connectivity index (χ4n) is 4.98. The normalized spacial score (nSPS) is 12.8. The summed E-state index contributed by atoms with van der Waals surface area (Å²) in [6.07, 6.45) is 11.6. The van der Waals surface area contributed by atoms with E-state index in [1.165, 1.54) is 38.9 Å². The first kappa shape index (κ1) is 29.3. The maximum atomic E-state index is 5.79. The molecule has 0 heterocycles. The number of hydrogen-bond acceptors (Lipinski definition) is 1. The molecule has 0 aromatic heterocycles. The topological polar surface area (TPSA) is 3.24 Å². The van der Waals surface area contributed by atoms with Crippen molar-refractivity contribution in [2.45, 2.75) is 83.6 Å². The number of benzene rings is 3. The standard InChI is InChI=1S/C37H45N/c1-13-34(3,4)28-15-19-30(20-16-28)36(7,8)32-23-27(26-38(11)12)24-33(25-32)37(9,10)31-21-17-29(18-22-31)35(5,6)14-2/h1-2,15-25H,26H2,3-12H3. The van der Waals surface area contributed by atoms with Crippen LogP contribution in [0.3, 0.4) is 0 Å². The van der Waals surface area contributed by atoms with E-state index < -0.39 is 0 Å². The number of rotatable bonds is 8. The van der Waals surface area contributed by atoms with Crippen LogP contribution in [-0.2, 0) is 28.2 Å². The Labute approximate surface area is 232 Å². The molecule has 0 saturated carbocycles. The fourth-order valence-corrected chi connectivity index (χ4v) is 4.98. The van der Waals surface area contributed by atoms with Crippen LogP contribution in [0, 0.1) is 24.7 Å². The van der Waals surface area contributed by atoms with Gasteiger partial charge in [-0.15, -0.1) is 12.8 Å². The zero-order chi connectivity index (χ0) is 28.5. The summed E-state index contributed by atoms with van der Waals surface area (Å²) in [5.41, 5.74) is 7.92. The number of hydrogen-bond donors (Lipinski definition) is 0. The summed E-state index contributed by atoms with van der Waals surface area (Å²) in [4.78, 5) is 2.23. The molecular weight excluding hydrogens is 458 g/mol. The molecule has 0 unspecified atom stereocenters. The first-order valence-corrected chi connectivity index (χ1v) is 13.5. The molecule has 1 heteroatoms. The van der Waals surface area contributed by atoms with Gasteiger partial charge in [-0.25, -0.2) is 0 Å². The van der Waals surface area contributed by atoms with Crippen LogP contribution in [0.4, 0.5) is 0 Å². The predicted molar refractivity (Wildman–Crippen MR) is 165 cm³/mol. The quantitative estimate of drug-likeness (QED) is 0.280. The molecule has 3 rings (SSSR count). The molecule has 0 fully saturated rings. The van der Waals surface area contributed by atoms with Gasteiger partial charge in [-0.3, -0.25) is 0 Å². The molecule has 3 aromatic rings. The summed E-state index contributed by atoms with van der Waals surface area (Å²) < 4.78 is 0. The van der Waals surface area contributed by atoms with Gasteiger partial charge >= 0.3 is 0 Å². The fraction of sp³-hybridized carbons (Fsp3) is 0.405. The molecule has 0 bridgehead atoms. The molecule has 0 aliphatic rings. The van der Waals surface area contributed by atoms with Crippen molar-refractivity contribution in [2.24, 2.45) is 0 Å². The van der Waals surface area contributed by atoms with Crippen LogP contribution in [0.15, 0.2) is 66.7 Å². The molecule has 38 heavy (non-hydrogen) atoms. The van der Waals surface area contributed by atoms with Crippen LogP contribution in [0.25, 0.3) is 0 Å². The molecule has 0 amide bonds. The Balaban J connectivity index is 2.10. The zero-order valence-corrected chi connectivity index (χ0v) is 25.2. The van der Waals surface area contributed by atoms with Crippen LogP contribution >= 0.6 is 0 Å². The lowest BCUT2D eigenvalue weighted by Gasteiger charge is -2.33. The Morgan fingerprint density at radius 3 is 1.13 bits per heavy atom. The van der Waals surface area contributed by atoms with Gasteiger partial charge in [-0.1, -0.05) is 106 Å². The smallest absolute Gasteiger partial charge is 0.0504 e. The maximum absolute atomic E-state index is 5.79. The van der Waals surface area contributed by atoms with Gasteiger partial charge in [-0.2, -0.15) is 0 Å². The van der Waals surface area contributed by atoms with Crippen LogP contribution in [0.5, 0.6) is 0 Å². The lowest BCUT2D eigenvalue weighted by molar-refractivity contribution is 0.401. The van der Waals surface area contributed by atoms with E-state index in [-0.39, 0.29) is 21.7 Å². The van der Waals surface area contributed by atoms with Crippen molar-refractivity contribution in [1.82, 2.24) is 4.90 Å². The second-order valence-electron chi connectivity index (χ2n) is 13.1. The average Bonchev–Trinajstić information content (AvgIpc) is 2.88. The van der Waals surface area contributed by atoms with E-state index in [1.54, 1.807) is 0 Å². The molecule has 0 N–H and O–H groups in total. The average molecular weight is 504 g/mol. The largest absolute Gasteiger partial charge is 0.305 e. The summed E-state index contributed by atoms with van der Waals surface area (Å²) in [7, 11) is 4.25. The maximum Gasteiger partial charge on any atom is 0.0504 e. The number of terminal acetylenes is 2. The Bertz CT molecular complexity index is 1250. The number of nitrogens with zero attached hydrogens (tertiary/aromatic N) is 1.